The molecular formula is C13H20F3N3O. The minimum Gasteiger partial charge on any atom is -0.330 e. The first kappa shape index (κ1) is 16.5. The van der Waals surface area contributed by atoms with Crippen molar-refractivity contribution in [1.29, 1.82) is 0 Å². The smallest absolute Gasteiger partial charge is 0.330 e. The van der Waals surface area contributed by atoms with E-state index < -0.39 is 24.7 Å². The largest absolute Gasteiger partial charge is 0.406 e. The molecule has 114 valence electrons. The molecule has 1 aromatic rings. The van der Waals surface area contributed by atoms with E-state index in [1.54, 1.807) is 34.0 Å². The quantitative estimate of drug-likeness (QED) is 0.835. The molecule has 0 saturated heterocycles. The summed E-state index contributed by atoms with van der Waals surface area (Å²) < 4.78 is 39.4. The number of hydrogen-bond donors (Lipinski definition) is 0. The molecule has 1 heterocycles. The summed E-state index contributed by atoms with van der Waals surface area (Å²) in [4.78, 5) is 13.0. The van der Waals surface area contributed by atoms with Crippen LogP contribution in [0.5, 0.6) is 0 Å². The molecule has 0 aliphatic carbocycles. The molecule has 1 atom stereocenters. The summed E-state index contributed by atoms with van der Waals surface area (Å²) in [5.74, 6) is -0.577. The summed E-state index contributed by atoms with van der Waals surface area (Å²) in [7, 11) is 1.69. The topological polar surface area (TPSA) is 38.1 Å². The molecule has 1 rings (SSSR count). The molecule has 0 bridgehead atoms. The Kier molecular flexibility index (Phi) is 5.19. The van der Waals surface area contributed by atoms with E-state index in [-0.39, 0.29) is 12.3 Å². The van der Waals surface area contributed by atoms with Crippen LogP contribution in [0.1, 0.15) is 26.3 Å². The van der Waals surface area contributed by atoms with E-state index >= 15 is 0 Å². The van der Waals surface area contributed by atoms with E-state index in [1.807, 2.05) is 0 Å². The molecule has 0 fully saturated rings. The summed E-state index contributed by atoms with van der Waals surface area (Å²) >= 11 is 0. The molecule has 0 spiro atoms. The molecule has 20 heavy (non-hydrogen) atoms. The van der Waals surface area contributed by atoms with E-state index in [0.29, 0.717) is 5.56 Å². The van der Waals surface area contributed by atoms with Crippen molar-refractivity contribution >= 4 is 5.91 Å². The van der Waals surface area contributed by atoms with Crippen LogP contribution in [0.4, 0.5) is 13.2 Å². The van der Waals surface area contributed by atoms with Gasteiger partial charge in [-0.15, -0.1) is 0 Å². The van der Waals surface area contributed by atoms with E-state index in [9.17, 15) is 18.0 Å². The van der Waals surface area contributed by atoms with Crippen molar-refractivity contribution in [2.75, 3.05) is 6.54 Å². The molecule has 0 unspecified atom stereocenters. The number of rotatable bonds is 5. The molecule has 0 aliphatic heterocycles. The Morgan fingerprint density at radius 1 is 1.40 bits per heavy atom. The standard InChI is InChI=1S/C13H20F3N3O/c1-9(2)10(3)19(8-13(14,15)16)12(20)5-11-6-17-18(4)7-11/h6-7,9-10H,5,8H2,1-4H3/t10-/m0/s1. The summed E-state index contributed by atoms with van der Waals surface area (Å²) in [5, 5.41) is 3.91. The zero-order valence-electron chi connectivity index (χ0n) is 12.1. The summed E-state index contributed by atoms with van der Waals surface area (Å²) in [5.41, 5.74) is 0.612. The fourth-order valence-electron chi connectivity index (χ4n) is 1.85. The lowest BCUT2D eigenvalue weighted by molar-refractivity contribution is -0.166. The Labute approximate surface area is 116 Å². The summed E-state index contributed by atoms with van der Waals surface area (Å²) in [6.45, 7) is 4.01. The normalized spacial score (nSPS) is 13.6. The number of carbonyl (C=O) groups excluding carboxylic acids is 1. The molecule has 1 aromatic heterocycles. The average Bonchev–Trinajstić information content (AvgIpc) is 2.69. The van der Waals surface area contributed by atoms with Gasteiger partial charge in [0.25, 0.3) is 0 Å². The van der Waals surface area contributed by atoms with Gasteiger partial charge < -0.3 is 4.90 Å². The van der Waals surface area contributed by atoms with Gasteiger partial charge in [0.05, 0.1) is 12.6 Å². The van der Waals surface area contributed by atoms with Gasteiger partial charge in [0.2, 0.25) is 5.91 Å². The van der Waals surface area contributed by atoms with Crippen molar-refractivity contribution < 1.29 is 18.0 Å². The predicted molar refractivity (Wildman–Crippen MR) is 69.0 cm³/mol. The Hall–Kier alpha value is -1.53. The van der Waals surface area contributed by atoms with Gasteiger partial charge in [0.1, 0.15) is 6.54 Å². The molecule has 0 radical (unpaired) electrons. The Balaban J connectivity index is 2.83. The Morgan fingerprint density at radius 2 is 2.00 bits per heavy atom. The van der Waals surface area contributed by atoms with Gasteiger partial charge in [0.15, 0.2) is 0 Å². The SMILES string of the molecule is CC(C)[C@H](C)N(CC(F)(F)F)C(=O)Cc1cnn(C)c1. The number of aryl methyl sites for hydroxylation is 1. The van der Waals surface area contributed by atoms with Crippen LogP contribution in [0.25, 0.3) is 0 Å². The highest BCUT2D eigenvalue weighted by Gasteiger charge is 2.35. The van der Waals surface area contributed by atoms with Gasteiger partial charge >= 0.3 is 6.18 Å². The zero-order chi connectivity index (χ0) is 15.5. The number of aromatic nitrogens is 2. The lowest BCUT2D eigenvalue weighted by Crippen LogP contribution is -2.47. The van der Waals surface area contributed by atoms with Crippen LogP contribution < -0.4 is 0 Å². The predicted octanol–water partition coefficient (Wildman–Crippen LogP) is 2.40. The van der Waals surface area contributed by atoms with Gasteiger partial charge in [-0.1, -0.05) is 13.8 Å². The van der Waals surface area contributed by atoms with E-state index in [0.717, 1.165) is 4.90 Å². The van der Waals surface area contributed by atoms with Gasteiger partial charge in [-0.2, -0.15) is 18.3 Å². The first-order chi connectivity index (χ1) is 9.10. The lowest BCUT2D eigenvalue weighted by atomic mass is 10.0. The fourth-order valence-corrected chi connectivity index (χ4v) is 1.85. The number of alkyl halides is 3. The maximum atomic E-state index is 12.6. The molecule has 4 nitrogen and oxygen atoms in total. The van der Waals surface area contributed by atoms with Crippen molar-refractivity contribution in [3.63, 3.8) is 0 Å². The summed E-state index contributed by atoms with van der Waals surface area (Å²) in [6.07, 6.45) is -1.35. The number of nitrogens with zero attached hydrogens (tertiary/aromatic N) is 3. The van der Waals surface area contributed by atoms with Gasteiger partial charge in [0, 0.05) is 19.3 Å². The third-order valence-electron chi connectivity index (χ3n) is 3.24. The maximum Gasteiger partial charge on any atom is 0.406 e. The van der Waals surface area contributed by atoms with E-state index in [2.05, 4.69) is 5.10 Å². The number of amides is 1. The average molecular weight is 291 g/mol. The van der Waals surface area contributed by atoms with Crippen molar-refractivity contribution in [3.8, 4) is 0 Å². The highest BCUT2D eigenvalue weighted by molar-refractivity contribution is 5.79. The fraction of sp³-hybridized carbons (Fsp3) is 0.692. The maximum absolute atomic E-state index is 12.6. The first-order valence-electron chi connectivity index (χ1n) is 6.44. The number of carbonyl (C=O) groups is 1. The Morgan fingerprint density at radius 3 is 2.40 bits per heavy atom. The third kappa shape index (κ3) is 4.86. The highest BCUT2D eigenvalue weighted by atomic mass is 19.4. The van der Waals surface area contributed by atoms with Gasteiger partial charge in [-0.25, -0.2) is 0 Å². The first-order valence-corrected chi connectivity index (χ1v) is 6.44. The minimum absolute atomic E-state index is 0.0461. The highest BCUT2D eigenvalue weighted by Crippen LogP contribution is 2.21. The van der Waals surface area contributed by atoms with Crippen LogP contribution >= 0.6 is 0 Å². The van der Waals surface area contributed by atoms with Crippen LogP contribution in [0.2, 0.25) is 0 Å². The van der Waals surface area contributed by atoms with Crippen molar-refractivity contribution in [2.45, 2.75) is 39.4 Å². The molecule has 0 aliphatic rings. The minimum atomic E-state index is -4.40. The lowest BCUT2D eigenvalue weighted by Gasteiger charge is -2.32. The molecular weight excluding hydrogens is 271 g/mol. The second kappa shape index (κ2) is 6.28. The van der Waals surface area contributed by atoms with Crippen LogP contribution in [-0.4, -0.2) is 39.4 Å². The molecule has 7 heteroatoms. The van der Waals surface area contributed by atoms with Crippen LogP contribution in [0, 0.1) is 5.92 Å². The van der Waals surface area contributed by atoms with E-state index in [1.165, 1.54) is 10.9 Å². The van der Waals surface area contributed by atoms with Gasteiger partial charge in [-0.05, 0) is 18.4 Å². The second-order valence-electron chi connectivity index (χ2n) is 5.32. The second-order valence-corrected chi connectivity index (χ2v) is 5.32. The zero-order valence-corrected chi connectivity index (χ0v) is 12.1. The van der Waals surface area contributed by atoms with Crippen LogP contribution in [0.15, 0.2) is 12.4 Å². The van der Waals surface area contributed by atoms with Crippen molar-refractivity contribution in [1.82, 2.24) is 14.7 Å². The molecule has 0 N–H and O–H groups in total. The van der Waals surface area contributed by atoms with Gasteiger partial charge in [-0.3, -0.25) is 9.48 Å². The number of halogens is 3. The van der Waals surface area contributed by atoms with Crippen LogP contribution in [0.3, 0.4) is 0 Å². The van der Waals surface area contributed by atoms with Crippen LogP contribution in [-0.2, 0) is 18.3 Å². The third-order valence-corrected chi connectivity index (χ3v) is 3.24. The Bertz CT molecular complexity index is 454. The van der Waals surface area contributed by atoms with Crippen molar-refractivity contribution in [2.24, 2.45) is 13.0 Å². The monoisotopic (exact) mass is 291 g/mol. The van der Waals surface area contributed by atoms with Crippen molar-refractivity contribution in [3.05, 3.63) is 18.0 Å². The molecule has 0 saturated carbocycles. The molecule has 1 amide bonds. The molecule has 0 aromatic carbocycles. The summed E-state index contributed by atoms with van der Waals surface area (Å²) in [6, 6.07) is -0.471. The van der Waals surface area contributed by atoms with E-state index in [4.69, 9.17) is 0 Å². The number of hydrogen-bond acceptors (Lipinski definition) is 2.